The van der Waals surface area contributed by atoms with E-state index < -0.39 is 0 Å². The third-order valence-corrected chi connectivity index (χ3v) is 4.41. The van der Waals surface area contributed by atoms with Gasteiger partial charge in [0.15, 0.2) is 5.82 Å². The van der Waals surface area contributed by atoms with Crippen LogP contribution in [0.2, 0.25) is 0 Å². The summed E-state index contributed by atoms with van der Waals surface area (Å²) in [4.78, 5) is 4.45. The van der Waals surface area contributed by atoms with E-state index in [2.05, 4.69) is 22.4 Å². The summed E-state index contributed by atoms with van der Waals surface area (Å²) in [5.74, 6) is 4.49. The zero-order chi connectivity index (χ0) is 12.6. The Hall–Kier alpha value is -0.550. The second-order valence-corrected chi connectivity index (χ2v) is 6.01. The van der Waals surface area contributed by atoms with Crippen molar-refractivity contribution in [1.29, 1.82) is 0 Å². The molecule has 5 heteroatoms. The summed E-state index contributed by atoms with van der Waals surface area (Å²) in [5.41, 5.74) is 0. The van der Waals surface area contributed by atoms with Crippen LogP contribution >= 0.6 is 11.8 Å². The van der Waals surface area contributed by atoms with Crippen molar-refractivity contribution in [2.24, 2.45) is 5.92 Å². The molecule has 2 heterocycles. The van der Waals surface area contributed by atoms with E-state index in [1.807, 2.05) is 11.8 Å². The summed E-state index contributed by atoms with van der Waals surface area (Å²) in [7, 11) is 0. The molecule has 1 saturated heterocycles. The maximum Gasteiger partial charge on any atom is 0.226 e. The zero-order valence-electron chi connectivity index (χ0n) is 11.2. The van der Waals surface area contributed by atoms with Gasteiger partial charge in [-0.15, -0.1) is 0 Å². The molecule has 4 nitrogen and oxygen atoms in total. The van der Waals surface area contributed by atoms with Crippen LogP contribution < -0.4 is 5.32 Å². The number of hydrogen-bond donors (Lipinski definition) is 1. The average Bonchev–Trinajstić information content (AvgIpc) is 2.86. The van der Waals surface area contributed by atoms with Crippen LogP contribution in [-0.2, 0) is 12.2 Å². The van der Waals surface area contributed by atoms with Crippen LogP contribution in [0.1, 0.15) is 44.3 Å². The summed E-state index contributed by atoms with van der Waals surface area (Å²) >= 11 is 1.87. The van der Waals surface area contributed by atoms with Crippen LogP contribution in [0.15, 0.2) is 4.52 Å². The van der Waals surface area contributed by atoms with Crippen LogP contribution in [0.3, 0.4) is 0 Å². The van der Waals surface area contributed by atoms with E-state index in [4.69, 9.17) is 4.52 Å². The smallest absolute Gasteiger partial charge is 0.226 e. The minimum Gasteiger partial charge on any atom is -0.339 e. The van der Waals surface area contributed by atoms with Gasteiger partial charge in [0.1, 0.15) is 0 Å². The standard InChI is InChI=1S/C13H23N3OS/c1-2-8-18-10-12-15-13(17-16-12)6-5-11-4-3-7-14-9-11/h11,14H,2-10H2,1H3. The van der Waals surface area contributed by atoms with Gasteiger partial charge in [-0.2, -0.15) is 16.7 Å². The average molecular weight is 269 g/mol. The van der Waals surface area contributed by atoms with Gasteiger partial charge in [-0.25, -0.2) is 0 Å². The number of hydrogen-bond acceptors (Lipinski definition) is 5. The van der Waals surface area contributed by atoms with E-state index in [1.165, 1.54) is 25.8 Å². The second kappa shape index (κ2) is 7.79. The summed E-state index contributed by atoms with van der Waals surface area (Å²) in [6, 6.07) is 0. The first-order valence-corrected chi connectivity index (χ1v) is 8.14. The van der Waals surface area contributed by atoms with Gasteiger partial charge < -0.3 is 9.84 Å². The van der Waals surface area contributed by atoms with Crippen molar-refractivity contribution in [3.63, 3.8) is 0 Å². The molecule has 1 unspecified atom stereocenters. The maximum atomic E-state index is 5.29. The van der Waals surface area contributed by atoms with Crippen molar-refractivity contribution in [2.75, 3.05) is 18.8 Å². The molecule has 0 spiro atoms. The fourth-order valence-electron chi connectivity index (χ4n) is 2.26. The highest BCUT2D eigenvalue weighted by molar-refractivity contribution is 7.98. The highest BCUT2D eigenvalue weighted by Crippen LogP contribution is 2.17. The van der Waals surface area contributed by atoms with Crippen LogP contribution in [0.25, 0.3) is 0 Å². The molecule has 1 N–H and O–H groups in total. The van der Waals surface area contributed by atoms with Gasteiger partial charge in [-0.05, 0) is 50.4 Å². The lowest BCUT2D eigenvalue weighted by atomic mass is 9.95. The summed E-state index contributed by atoms with van der Waals surface area (Å²) in [6.07, 6.45) is 5.92. The highest BCUT2D eigenvalue weighted by Gasteiger charge is 2.14. The summed E-state index contributed by atoms with van der Waals surface area (Å²) < 4.78 is 5.29. The first kappa shape index (κ1) is 13.9. The van der Waals surface area contributed by atoms with Gasteiger partial charge in [0.05, 0.1) is 5.75 Å². The summed E-state index contributed by atoms with van der Waals surface area (Å²) in [5, 5.41) is 7.47. The number of aromatic nitrogens is 2. The lowest BCUT2D eigenvalue weighted by molar-refractivity contribution is 0.326. The Kier molecular flexibility index (Phi) is 6.00. The molecule has 0 aromatic carbocycles. The third-order valence-electron chi connectivity index (χ3n) is 3.26. The molecule has 0 bridgehead atoms. The first-order valence-electron chi connectivity index (χ1n) is 6.98. The second-order valence-electron chi connectivity index (χ2n) is 4.91. The lowest BCUT2D eigenvalue weighted by Gasteiger charge is -2.21. The van der Waals surface area contributed by atoms with E-state index in [9.17, 15) is 0 Å². The van der Waals surface area contributed by atoms with Crippen LogP contribution in [0.4, 0.5) is 0 Å². The predicted molar refractivity (Wildman–Crippen MR) is 74.7 cm³/mol. The SMILES string of the molecule is CCCSCc1noc(CCC2CCCNC2)n1. The van der Waals surface area contributed by atoms with E-state index in [-0.39, 0.29) is 0 Å². The molecular formula is C13H23N3OS. The molecule has 1 aromatic rings. The number of rotatable bonds is 7. The normalized spacial score (nSPS) is 20.2. The third kappa shape index (κ3) is 4.61. The fraction of sp³-hybridized carbons (Fsp3) is 0.846. The molecule has 102 valence electrons. The minimum atomic E-state index is 0.781. The lowest BCUT2D eigenvalue weighted by Crippen LogP contribution is -2.29. The van der Waals surface area contributed by atoms with Gasteiger partial charge >= 0.3 is 0 Å². The quantitative estimate of drug-likeness (QED) is 0.771. The monoisotopic (exact) mass is 269 g/mol. The molecule has 0 aliphatic carbocycles. The van der Waals surface area contributed by atoms with E-state index in [0.717, 1.165) is 48.5 Å². The van der Waals surface area contributed by atoms with Gasteiger partial charge in [0, 0.05) is 6.42 Å². The van der Waals surface area contributed by atoms with E-state index in [0.29, 0.717) is 0 Å². The topological polar surface area (TPSA) is 51.0 Å². The predicted octanol–water partition coefficient (Wildman–Crippen LogP) is 2.65. The molecule has 1 aromatic heterocycles. The number of thioether (sulfide) groups is 1. The Bertz CT molecular complexity index is 337. The Labute approximate surface area is 113 Å². The Morgan fingerprint density at radius 3 is 3.22 bits per heavy atom. The molecule has 1 atom stereocenters. The van der Waals surface area contributed by atoms with Crippen molar-refractivity contribution in [2.45, 2.75) is 44.8 Å². The molecule has 0 radical (unpaired) electrons. The number of aryl methyl sites for hydroxylation is 1. The Morgan fingerprint density at radius 1 is 1.50 bits per heavy atom. The molecule has 0 saturated carbocycles. The van der Waals surface area contributed by atoms with Crippen molar-refractivity contribution < 1.29 is 4.52 Å². The van der Waals surface area contributed by atoms with Crippen LogP contribution in [-0.4, -0.2) is 29.0 Å². The largest absolute Gasteiger partial charge is 0.339 e. The Balaban J connectivity index is 1.69. The van der Waals surface area contributed by atoms with Crippen molar-refractivity contribution in [3.05, 3.63) is 11.7 Å². The van der Waals surface area contributed by atoms with Crippen LogP contribution in [0.5, 0.6) is 0 Å². The molecule has 1 fully saturated rings. The van der Waals surface area contributed by atoms with Gasteiger partial charge in [-0.3, -0.25) is 0 Å². The molecule has 0 amide bonds. The number of piperidine rings is 1. The van der Waals surface area contributed by atoms with E-state index >= 15 is 0 Å². The number of nitrogens with one attached hydrogen (secondary N) is 1. The van der Waals surface area contributed by atoms with Crippen molar-refractivity contribution in [1.82, 2.24) is 15.5 Å². The molecule has 1 aliphatic rings. The van der Waals surface area contributed by atoms with Crippen molar-refractivity contribution in [3.8, 4) is 0 Å². The molecule has 18 heavy (non-hydrogen) atoms. The van der Waals surface area contributed by atoms with E-state index in [1.54, 1.807) is 0 Å². The van der Waals surface area contributed by atoms with Crippen molar-refractivity contribution >= 4 is 11.8 Å². The van der Waals surface area contributed by atoms with Crippen LogP contribution in [0, 0.1) is 5.92 Å². The number of nitrogens with zero attached hydrogens (tertiary/aromatic N) is 2. The molecule has 1 aliphatic heterocycles. The maximum absolute atomic E-state index is 5.29. The first-order chi connectivity index (χ1) is 8.88. The minimum absolute atomic E-state index is 0.781. The summed E-state index contributed by atoms with van der Waals surface area (Å²) in [6.45, 7) is 4.51. The molecule has 2 rings (SSSR count). The zero-order valence-corrected chi connectivity index (χ0v) is 12.0. The van der Waals surface area contributed by atoms with Gasteiger partial charge in [-0.1, -0.05) is 12.1 Å². The fourth-order valence-corrected chi connectivity index (χ4v) is 2.99. The highest BCUT2D eigenvalue weighted by atomic mass is 32.2. The van der Waals surface area contributed by atoms with Gasteiger partial charge in [0.2, 0.25) is 5.89 Å². The Morgan fingerprint density at radius 2 is 2.44 bits per heavy atom. The van der Waals surface area contributed by atoms with Gasteiger partial charge in [0.25, 0.3) is 0 Å². The molecular weight excluding hydrogens is 246 g/mol.